The Bertz CT molecular complexity index is 306. The Kier molecular flexibility index (Phi) is 18.4. The molecule has 0 aromatic rings. The Hall–Kier alpha value is -0.860. The van der Waals surface area contributed by atoms with E-state index in [-0.39, 0.29) is 6.61 Å². The van der Waals surface area contributed by atoms with Gasteiger partial charge in [0.05, 0.1) is 6.61 Å². The molecule has 0 aliphatic rings. The van der Waals surface area contributed by atoms with Crippen molar-refractivity contribution in [3.05, 3.63) is 34.9 Å². The van der Waals surface area contributed by atoms with Crippen LogP contribution in [0.1, 0.15) is 67.2 Å². The van der Waals surface area contributed by atoms with Gasteiger partial charge in [0, 0.05) is 13.2 Å². The van der Waals surface area contributed by atoms with Crippen molar-refractivity contribution in [2.45, 2.75) is 67.2 Å². The number of aliphatic hydroxyl groups is 1. The number of ether oxygens (including phenoxy) is 1. The number of hydrogen-bond acceptors (Lipinski definition) is 2. The molecule has 0 unspecified atom stereocenters. The average Bonchev–Trinajstić information content (AvgIpc) is 2.40. The Morgan fingerprint density at radius 2 is 1.29 bits per heavy atom. The fraction of sp³-hybridized carbons (Fsp3) is 0.684. The lowest BCUT2D eigenvalue weighted by atomic mass is 10.1. The van der Waals surface area contributed by atoms with Crippen LogP contribution in [0.25, 0.3) is 0 Å². The highest BCUT2D eigenvalue weighted by atomic mass is 16.5. The zero-order valence-corrected chi connectivity index (χ0v) is 15.0. The van der Waals surface area contributed by atoms with E-state index in [9.17, 15) is 0 Å². The van der Waals surface area contributed by atoms with E-state index in [0.29, 0.717) is 0 Å². The molecule has 0 atom stereocenters. The monoisotopic (exact) mass is 296 g/mol. The number of allylic oxidation sites excluding steroid dienone is 5. The molecule has 0 rings (SSSR count). The third kappa shape index (κ3) is 21.6. The summed E-state index contributed by atoms with van der Waals surface area (Å²) in [7, 11) is 0. The maximum Gasteiger partial charge on any atom is 0.0614 e. The normalized spacial score (nSPS) is 11.8. The van der Waals surface area contributed by atoms with Gasteiger partial charge in [-0.1, -0.05) is 34.9 Å². The molecule has 0 bridgehead atoms. The van der Waals surface area contributed by atoms with Gasteiger partial charge in [-0.05, 0) is 67.2 Å². The van der Waals surface area contributed by atoms with E-state index in [0.717, 1.165) is 38.9 Å². The second-order valence-corrected chi connectivity index (χ2v) is 5.42. The van der Waals surface area contributed by atoms with E-state index in [1.807, 2.05) is 19.9 Å². The first-order valence-corrected chi connectivity index (χ1v) is 8.11. The first-order valence-electron chi connectivity index (χ1n) is 8.11. The fourth-order valence-corrected chi connectivity index (χ4v) is 1.70. The summed E-state index contributed by atoms with van der Waals surface area (Å²) >= 11 is 0. The summed E-state index contributed by atoms with van der Waals surface area (Å²) in [6.07, 6.45) is 10.9. The molecule has 0 spiro atoms. The highest BCUT2D eigenvalue weighted by molar-refractivity contribution is 5.05. The minimum Gasteiger partial charge on any atom is -0.392 e. The summed E-state index contributed by atoms with van der Waals surface area (Å²) < 4.78 is 4.83. The third-order valence-corrected chi connectivity index (χ3v) is 2.97. The maximum atomic E-state index is 8.72. The Morgan fingerprint density at radius 3 is 1.67 bits per heavy atom. The highest BCUT2D eigenvalue weighted by Gasteiger charge is 1.91. The average molecular weight is 296 g/mol. The SMILES string of the molecule is CC(C)=CCC/C(C)=C/CC/C(C)=C/CO.CCOCC. The van der Waals surface area contributed by atoms with Crippen molar-refractivity contribution in [3.63, 3.8) is 0 Å². The lowest BCUT2D eigenvalue weighted by Gasteiger charge is -2.00. The second kappa shape index (κ2) is 17.2. The molecule has 0 aliphatic carbocycles. The van der Waals surface area contributed by atoms with Gasteiger partial charge in [0.25, 0.3) is 0 Å². The van der Waals surface area contributed by atoms with Crippen molar-refractivity contribution < 1.29 is 9.84 Å². The predicted molar refractivity (Wildman–Crippen MR) is 94.7 cm³/mol. The van der Waals surface area contributed by atoms with Crippen LogP contribution in [0.15, 0.2) is 34.9 Å². The number of hydrogen-bond donors (Lipinski definition) is 1. The van der Waals surface area contributed by atoms with Crippen LogP contribution in [0, 0.1) is 0 Å². The van der Waals surface area contributed by atoms with Crippen molar-refractivity contribution in [3.8, 4) is 0 Å². The topological polar surface area (TPSA) is 29.5 Å². The van der Waals surface area contributed by atoms with Crippen molar-refractivity contribution >= 4 is 0 Å². The largest absolute Gasteiger partial charge is 0.392 e. The highest BCUT2D eigenvalue weighted by Crippen LogP contribution is 2.10. The van der Waals surface area contributed by atoms with Crippen LogP contribution < -0.4 is 0 Å². The Balaban J connectivity index is 0. The summed E-state index contributed by atoms with van der Waals surface area (Å²) in [4.78, 5) is 0. The first-order chi connectivity index (χ1) is 9.97. The summed E-state index contributed by atoms with van der Waals surface area (Å²) in [5.41, 5.74) is 4.14. The van der Waals surface area contributed by atoms with Crippen LogP contribution in [-0.4, -0.2) is 24.9 Å². The van der Waals surface area contributed by atoms with Crippen LogP contribution in [0.2, 0.25) is 0 Å². The molecule has 0 heterocycles. The second-order valence-electron chi connectivity index (χ2n) is 5.42. The van der Waals surface area contributed by atoms with Gasteiger partial charge in [-0.2, -0.15) is 0 Å². The molecule has 124 valence electrons. The molecule has 1 N–H and O–H groups in total. The summed E-state index contributed by atoms with van der Waals surface area (Å²) in [6, 6.07) is 0. The molecule has 21 heavy (non-hydrogen) atoms. The molecule has 0 fully saturated rings. The fourth-order valence-electron chi connectivity index (χ4n) is 1.70. The molecule has 0 aromatic carbocycles. The van der Waals surface area contributed by atoms with Gasteiger partial charge in [0.2, 0.25) is 0 Å². The minimum absolute atomic E-state index is 0.162. The van der Waals surface area contributed by atoms with Gasteiger partial charge in [0.1, 0.15) is 0 Å². The van der Waals surface area contributed by atoms with Crippen LogP contribution in [-0.2, 0) is 4.74 Å². The molecule has 0 saturated heterocycles. The smallest absolute Gasteiger partial charge is 0.0614 e. The van der Waals surface area contributed by atoms with E-state index >= 15 is 0 Å². The number of aliphatic hydroxyl groups excluding tert-OH is 1. The summed E-state index contributed by atoms with van der Waals surface area (Å²) in [6.45, 7) is 14.4. The van der Waals surface area contributed by atoms with E-state index in [1.54, 1.807) is 0 Å². The van der Waals surface area contributed by atoms with Crippen molar-refractivity contribution in [2.75, 3.05) is 19.8 Å². The summed E-state index contributed by atoms with van der Waals surface area (Å²) in [5, 5.41) is 8.72. The maximum absolute atomic E-state index is 8.72. The van der Waals surface area contributed by atoms with Crippen molar-refractivity contribution in [1.29, 1.82) is 0 Å². The Morgan fingerprint density at radius 1 is 0.810 bits per heavy atom. The van der Waals surface area contributed by atoms with Gasteiger partial charge in [0.15, 0.2) is 0 Å². The quantitative estimate of drug-likeness (QED) is 0.574. The molecule has 0 aliphatic heterocycles. The van der Waals surface area contributed by atoms with Gasteiger partial charge >= 0.3 is 0 Å². The van der Waals surface area contributed by atoms with Gasteiger partial charge in [-0.15, -0.1) is 0 Å². The zero-order valence-electron chi connectivity index (χ0n) is 15.0. The lowest BCUT2D eigenvalue weighted by Crippen LogP contribution is -1.84. The third-order valence-electron chi connectivity index (χ3n) is 2.97. The summed E-state index contributed by atoms with van der Waals surface area (Å²) in [5.74, 6) is 0. The Labute approximate surface area is 132 Å². The van der Waals surface area contributed by atoms with E-state index in [4.69, 9.17) is 9.84 Å². The van der Waals surface area contributed by atoms with E-state index in [1.165, 1.54) is 16.7 Å². The van der Waals surface area contributed by atoms with E-state index < -0.39 is 0 Å². The molecular formula is C19H36O2. The zero-order chi connectivity index (χ0) is 16.5. The van der Waals surface area contributed by atoms with Gasteiger partial charge < -0.3 is 9.84 Å². The molecule has 2 heteroatoms. The van der Waals surface area contributed by atoms with Crippen LogP contribution in [0.5, 0.6) is 0 Å². The van der Waals surface area contributed by atoms with E-state index in [2.05, 4.69) is 39.8 Å². The molecule has 0 amide bonds. The van der Waals surface area contributed by atoms with Crippen LogP contribution in [0.3, 0.4) is 0 Å². The van der Waals surface area contributed by atoms with Crippen LogP contribution >= 0.6 is 0 Å². The minimum atomic E-state index is 0.162. The molecular weight excluding hydrogens is 260 g/mol. The molecule has 0 saturated carbocycles. The predicted octanol–water partition coefficient (Wildman–Crippen LogP) is 5.44. The van der Waals surface area contributed by atoms with Gasteiger partial charge in [-0.25, -0.2) is 0 Å². The van der Waals surface area contributed by atoms with Crippen molar-refractivity contribution in [1.82, 2.24) is 0 Å². The van der Waals surface area contributed by atoms with Crippen LogP contribution in [0.4, 0.5) is 0 Å². The van der Waals surface area contributed by atoms with Crippen molar-refractivity contribution in [2.24, 2.45) is 0 Å². The molecule has 0 radical (unpaired) electrons. The standard InChI is InChI=1S/C15H26O.C4H10O/c1-13(2)7-5-8-14(3)9-6-10-15(4)11-12-16;1-3-5-4-2/h7,9,11,16H,5-6,8,10,12H2,1-4H3;3-4H2,1-2H3/b14-9+,15-11+;. The first kappa shape index (κ1) is 22.4. The molecule has 2 nitrogen and oxygen atoms in total. The number of rotatable bonds is 9. The van der Waals surface area contributed by atoms with Gasteiger partial charge in [-0.3, -0.25) is 0 Å². The lowest BCUT2D eigenvalue weighted by molar-refractivity contribution is 0.162. The molecule has 0 aromatic heterocycles.